The summed E-state index contributed by atoms with van der Waals surface area (Å²) in [6.45, 7) is 3.49. The molecule has 2 aromatic rings. The Bertz CT molecular complexity index is 760. The Morgan fingerprint density at radius 3 is 2.52 bits per heavy atom. The molecular weight excluding hydrogens is 308 g/mol. The van der Waals surface area contributed by atoms with Gasteiger partial charge in [0.25, 0.3) is 0 Å². The van der Waals surface area contributed by atoms with Crippen LogP contribution in [0.25, 0.3) is 0 Å². The highest BCUT2D eigenvalue weighted by Crippen LogP contribution is 2.22. The van der Waals surface area contributed by atoms with Crippen molar-refractivity contribution in [3.8, 4) is 0 Å². The molecule has 0 saturated heterocycles. The molecule has 3 N–H and O–H groups in total. The molecule has 21 heavy (non-hydrogen) atoms. The van der Waals surface area contributed by atoms with Crippen molar-refractivity contribution in [1.82, 2.24) is 4.72 Å². The maximum absolute atomic E-state index is 12.4. The molecule has 1 atom stereocenters. The van der Waals surface area contributed by atoms with E-state index in [1.165, 1.54) is 6.07 Å². The molecule has 4 nitrogen and oxygen atoms in total. The lowest BCUT2D eigenvalue weighted by molar-refractivity contribution is 0.566. The second-order valence-corrected chi connectivity index (χ2v) is 7.04. The summed E-state index contributed by atoms with van der Waals surface area (Å²) in [5.74, 6) is 0. The fraction of sp³-hybridized carbons (Fsp3) is 0.200. The van der Waals surface area contributed by atoms with E-state index in [1.54, 1.807) is 44.2 Å². The van der Waals surface area contributed by atoms with Gasteiger partial charge in [-0.05, 0) is 55.3 Å². The quantitative estimate of drug-likeness (QED) is 0.848. The van der Waals surface area contributed by atoms with Gasteiger partial charge in [-0.15, -0.1) is 0 Å². The Kier molecular flexibility index (Phi) is 4.56. The van der Waals surface area contributed by atoms with Crippen LogP contribution in [0, 0.1) is 6.92 Å². The van der Waals surface area contributed by atoms with Gasteiger partial charge in [-0.2, -0.15) is 0 Å². The molecule has 2 rings (SSSR count). The third-order valence-electron chi connectivity index (χ3n) is 3.17. The molecule has 0 saturated carbocycles. The van der Waals surface area contributed by atoms with Crippen LogP contribution in [0.15, 0.2) is 47.4 Å². The Morgan fingerprint density at radius 1 is 1.19 bits per heavy atom. The Labute approximate surface area is 130 Å². The SMILES string of the molecule is Cc1cc(N)ccc1S(=O)(=O)NC(C)c1cccc(Cl)c1. The van der Waals surface area contributed by atoms with Crippen LogP contribution < -0.4 is 10.5 Å². The van der Waals surface area contributed by atoms with Crippen LogP contribution in [0.2, 0.25) is 5.02 Å². The van der Waals surface area contributed by atoms with E-state index < -0.39 is 10.0 Å². The third-order valence-corrected chi connectivity index (χ3v) is 5.11. The van der Waals surface area contributed by atoms with E-state index >= 15 is 0 Å². The van der Waals surface area contributed by atoms with Crippen molar-refractivity contribution in [2.24, 2.45) is 0 Å². The number of nitrogen functional groups attached to an aromatic ring is 1. The highest BCUT2D eigenvalue weighted by Gasteiger charge is 2.20. The van der Waals surface area contributed by atoms with Gasteiger partial charge in [0, 0.05) is 16.8 Å². The van der Waals surface area contributed by atoms with Crippen molar-refractivity contribution in [3.05, 3.63) is 58.6 Å². The number of benzene rings is 2. The molecule has 6 heteroatoms. The summed E-state index contributed by atoms with van der Waals surface area (Å²) in [5, 5.41) is 0.571. The predicted molar refractivity (Wildman–Crippen MR) is 85.8 cm³/mol. The lowest BCUT2D eigenvalue weighted by Crippen LogP contribution is -2.27. The molecule has 0 spiro atoms. The maximum Gasteiger partial charge on any atom is 0.241 e. The van der Waals surface area contributed by atoms with E-state index in [9.17, 15) is 8.42 Å². The largest absolute Gasteiger partial charge is 0.399 e. The smallest absolute Gasteiger partial charge is 0.241 e. The first-order chi connectivity index (χ1) is 9.79. The van der Waals surface area contributed by atoms with Crippen LogP contribution in [-0.4, -0.2) is 8.42 Å². The zero-order chi connectivity index (χ0) is 15.6. The fourth-order valence-corrected chi connectivity index (χ4v) is 3.77. The second kappa shape index (κ2) is 6.05. The van der Waals surface area contributed by atoms with Crippen molar-refractivity contribution in [2.75, 3.05) is 5.73 Å². The van der Waals surface area contributed by atoms with Gasteiger partial charge in [0.2, 0.25) is 10.0 Å². The first kappa shape index (κ1) is 15.8. The summed E-state index contributed by atoms with van der Waals surface area (Å²) in [7, 11) is -3.62. The number of hydrogen-bond donors (Lipinski definition) is 2. The first-order valence-electron chi connectivity index (χ1n) is 6.43. The zero-order valence-electron chi connectivity index (χ0n) is 11.8. The molecule has 0 bridgehead atoms. The number of nitrogens with two attached hydrogens (primary N) is 1. The van der Waals surface area contributed by atoms with E-state index in [4.69, 9.17) is 17.3 Å². The topological polar surface area (TPSA) is 72.2 Å². The monoisotopic (exact) mass is 324 g/mol. The lowest BCUT2D eigenvalue weighted by atomic mass is 10.1. The highest BCUT2D eigenvalue weighted by molar-refractivity contribution is 7.89. The summed E-state index contributed by atoms with van der Waals surface area (Å²) in [5.41, 5.74) is 7.60. The normalized spacial score (nSPS) is 13.1. The van der Waals surface area contributed by atoms with Gasteiger partial charge in [0.15, 0.2) is 0 Å². The maximum atomic E-state index is 12.4. The van der Waals surface area contributed by atoms with Gasteiger partial charge in [-0.25, -0.2) is 13.1 Å². The van der Waals surface area contributed by atoms with Crippen LogP contribution in [-0.2, 0) is 10.0 Å². The minimum Gasteiger partial charge on any atom is -0.399 e. The average molecular weight is 325 g/mol. The number of hydrogen-bond acceptors (Lipinski definition) is 3. The minimum atomic E-state index is -3.62. The van der Waals surface area contributed by atoms with Crippen molar-refractivity contribution >= 4 is 27.3 Å². The van der Waals surface area contributed by atoms with Crippen LogP contribution >= 0.6 is 11.6 Å². The molecule has 0 heterocycles. The zero-order valence-corrected chi connectivity index (χ0v) is 13.4. The molecule has 112 valence electrons. The molecule has 0 aliphatic rings. The van der Waals surface area contributed by atoms with Crippen molar-refractivity contribution < 1.29 is 8.42 Å². The summed E-state index contributed by atoms with van der Waals surface area (Å²) in [6.07, 6.45) is 0. The van der Waals surface area contributed by atoms with Gasteiger partial charge >= 0.3 is 0 Å². The van der Waals surface area contributed by atoms with Crippen molar-refractivity contribution in [2.45, 2.75) is 24.8 Å². The Balaban J connectivity index is 2.29. The van der Waals surface area contributed by atoms with Crippen LogP contribution in [0.3, 0.4) is 0 Å². The number of rotatable bonds is 4. The van der Waals surface area contributed by atoms with Crippen LogP contribution in [0.4, 0.5) is 5.69 Å². The standard InChI is InChI=1S/C15H17ClN2O2S/c1-10-8-14(17)6-7-15(10)21(19,20)18-11(2)12-4-3-5-13(16)9-12/h3-9,11,18H,17H2,1-2H3. The van der Waals surface area contributed by atoms with E-state index in [0.29, 0.717) is 16.3 Å². The Hall–Kier alpha value is -1.56. The van der Waals surface area contributed by atoms with Gasteiger partial charge in [0.1, 0.15) is 0 Å². The number of anilines is 1. The van der Waals surface area contributed by atoms with Crippen molar-refractivity contribution in [3.63, 3.8) is 0 Å². The average Bonchev–Trinajstić information content (AvgIpc) is 2.37. The van der Waals surface area contributed by atoms with Gasteiger partial charge in [-0.1, -0.05) is 23.7 Å². The first-order valence-corrected chi connectivity index (χ1v) is 8.29. The van der Waals surface area contributed by atoms with E-state index in [2.05, 4.69) is 4.72 Å². The molecule has 2 aromatic carbocycles. The van der Waals surface area contributed by atoms with E-state index in [1.807, 2.05) is 6.07 Å². The van der Waals surface area contributed by atoms with Crippen molar-refractivity contribution in [1.29, 1.82) is 0 Å². The number of halogens is 1. The summed E-state index contributed by atoms with van der Waals surface area (Å²) < 4.78 is 27.5. The molecule has 0 aliphatic carbocycles. The fourth-order valence-electron chi connectivity index (χ4n) is 2.11. The molecule has 0 aliphatic heterocycles. The summed E-state index contributed by atoms with van der Waals surface area (Å²) in [6, 6.07) is 11.4. The van der Waals surface area contributed by atoms with E-state index in [-0.39, 0.29) is 10.9 Å². The molecule has 0 aromatic heterocycles. The molecule has 1 unspecified atom stereocenters. The Morgan fingerprint density at radius 2 is 1.90 bits per heavy atom. The highest BCUT2D eigenvalue weighted by atomic mass is 35.5. The van der Waals surface area contributed by atoms with Gasteiger partial charge < -0.3 is 5.73 Å². The number of aryl methyl sites for hydroxylation is 1. The molecule has 0 fully saturated rings. The van der Waals surface area contributed by atoms with Crippen LogP contribution in [0.5, 0.6) is 0 Å². The number of sulfonamides is 1. The third kappa shape index (κ3) is 3.75. The van der Waals surface area contributed by atoms with Gasteiger partial charge in [0.05, 0.1) is 4.90 Å². The summed E-state index contributed by atoms with van der Waals surface area (Å²) >= 11 is 5.93. The predicted octanol–water partition coefficient (Wildman–Crippen LogP) is 3.27. The van der Waals surface area contributed by atoms with E-state index in [0.717, 1.165) is 5.56 Å². The lowest BCUT2D eigenvalue weighted by Gasteiger charge is -2.16. The minimum absolute atomic E-state index is 0.227. The van der Waals surface area contributed by atoms with Crippen LogP contribution in [0.1, 0.15) is 24.1 Å². The summed E-state index contributed by atoms with van der Waals surface area (Å²) in [4.78, 5) is 0.227. The number of nitrogens with one attached hydrogen (secondary N) is 1. The molecule has 0 radical (unpaired) electrons. The molecular formula is C15H17ClN2O2S. The van der Waals surface area contributed by atoms with Gasteiger partial charge in [-0.3, -0.25) is 0 Å². The second-order valence-electron chi connectivity index (χ2n) is 4.92. The molecule has 0 amide bonds.